The molecule has 1 saturated carbocycles. The number of hydrogen-bond donors (Lipinski definition) is 1. The molecule has 1 aromatic carbocycles. The van der Waals surface area contributed by atoms with Gasteiger partial charge in [0, 0.05) is 31.3 Å². The molecule has 7 heteroatoms. The van der Waals surface area contributed by atoms with Crippen LogP contribution in [0.5, 0.6) is 0 Å². The Balaban J connectivity index is 1.74. The lowest BCUT2D eigenvalue weighted by Gasteiger charge is -2.12. The van der Waals surface area contributed by atoms with Crippen LogP contribution in [-0.2, 0) is 13.2 Å². The van der Waals surface area contributed by atoms with E-state index in [9.17, 15) is 22.8 Å². The summed E-state index contributed by atoms with van der Waals surface area (Å²) in [5.74, 6) is -0.748. The van der Waals surface area contributed by atoms with Crippen LogP contribution in [0.15, 0.2) is 47.4 Å². The third-order valence-corrected chi connectivity index (χ3v) is 4.12. The maximum atomic E-state index is 13.1. The zero-order chi connectivity index (χ0) is 17.5. The molecule has 1 aliphatic carbocycles. The van der Waals surface area contributed by atoms with Crippen LogP contribution >= 0.6 is 0 Å². The van der Waals surface area contributed by atoms with Gasteiger partial charge in [0.1, 0.15) is 0 Å². The van der Waals surface area contributed by atoms with Crippen LogP contribution in [0.25, 0.3) is 0 Å². The fourth-order valence-electron chi connectivity index (χ4n) is 2.76. The van der Waals surface area contributed by atoms with Gasteiger partial charge in [0.15, 0.2) is 0 Å². The van der Waals surface area contributed by atoms with E-state index in [1.165, 1.54) is 42.1 Å². The number of halogens is 3. The van der Waals surface area contributed by atoms with Crippen molar-refractivity contribution in [3.8, 4) is 0 Å². The van der Waals surface area contributed by atoms with Crippen molar-refractivity contribution in [2.45, 2.75) is 24.6 Å². The average Bonchev–Trinajstić information content (AvgIpc) is 3.28. The second-order valence-corrected chi connectivity index (χ2v) is 5.87. The molecule has 3 rings (SSSR count). The lowest BCUT2D eigenvalue weighted by molar-refractivity contribution is -0.138. The Morgan fingerprint density at radius 3 is 2.58 bits per heavy atom. The van der Waals surface area contributed by atoms with Gasteiger partial charge in [-0.15, -0.1) is 0 Å². The lowest BCUT2D eigenvalue weighted by atomic mass is 10.0. The number of carbonyl (C=O) groups is 1. The Morgan fingerprint density at radius 2 is 1.92 bits per heavy atom. The monoisotopic (exact) mass is 336 g/mol. The van der Waals surface area contributed by atoms with Gasteiger partial charge in [-0.25, -0.2) is 0 Å². The molecule has 1 aromatic heterocycles. The summed E-state index contributed by atoms with van der Waals surface area (Å²) in [5, 5.41) is 2.72. The highest BCUT2D eigenvalue weighted by molar-refractivity contribution is 5.94. The first-order valence-corrected chi connectivity index (χ1v) is 7.41. The molecule has 0 saturated heterocycles. The Labute approximate surface area is 135 Å². The van der Waals surface area contributed by atoms with Gasteiger partial charge in [-0.05, 0) is 24.1 Å². The van der Waals surface area contributed by atoms with Gasteiger partial charge in [0.2, 0.25) is 5.56 Å². The van der Waals surface area contributed by atoms with Crippen molar-refractivity contribution in [3.63, 3.8) is 0 Å². The fourth-order valence-corrected chi connectivity index (χ4v) is 2.76. The molecule has 1 amide bonds. The smallest absolute Gasteiger partial charge is 0.349 e. The number of pyridine rings is 1. The number of nitrogens with zero attached hydrogens (tertiary/aromatic N) is 1. The molecule has 1 aliphatic rings. The van der Waals surface area contributed by atoms with E-state index >= 15 is 0 Å². The molecular formula is C17H15F3N2O2. The van der Waals surface area contributed by atoms with Crippen LogP contribution in [-0.4, -0.2) is 16.5 Å². The number of benzene rings is 1. The first-order chi connectivity index (χ1) is 11.3. The number of carbonyl (C=O) groups excluding carboxylic acids is 1. The van der Waals surface area contributed by atoms with Crippen molar-refractivity contribution in [1.82, 2.24) is 9.88 Å². The molecule has 2 unspecified atom stereocenters. The van der Waals surface area contributed by atoms with Gasteiger partial charge < -0.3 is 9.88 Å². The van der Waals surface area contributed by atoms with Crippen LogP contribution in [0, 0.1) is 0 Å². The second-order valence-electron chi connectivity index (χ2n) is 5.87. The summed E-state index contributed by atoms with van der Waals surface area (Å²) in [6.45, 7) is 0. The van der Waals surface area contributed by atoms with E-state index in [4.69, 9.17) is 0 Å². The van der Waals surface area contributed by atoms with Crippen LogP contribution in [0.4, 0.5) is 13.2 Å². The van der Waals surface area contributed by atoms with E-state index in [1.54, 1.807) is 6.07 Å². The van der Waals surface area contributed by atoms with Crippen molar-refractivity contribution in [3.05, 3.63) is 69.6 Å². The largest absolute Gasteiger partial charge is 0.416 e. The third kappa shape index (κ3) is 3.20. The molecule has 4 nitrogen and oxygen atoms in total. The van der Waals surface area contributed by atoms with E-state index < -0.39 is 17.6 Å². The average molecular weight is 336 g/mol. The number of aromatic nitrogens is 1. The van der Waals surface area contributed by atoms with Crippen LogP contribution in [0.1, 0.15) is 33.8 Å². The van der Waals surface area contributed by atoms with E-state index in [-0.39, 0.29) is 23.1 Å². The van der Waals surface area contributed by atoms with Gasteiger partial charge in [-0.3, -0.25) is 9.59 Å². The van der Waals surface area contributed by atoms with Gasteiger partial charge >= 0.3 is 6.18 Å². The van der Waals surface area contributed by atoms with Gasteiger partial charge in [-0.1, -0.05) is 18.2 Å². The summed E-state index contributed by atoms with van der Waals surface area (Å²) in [6.07, 6.45) is -2.55. The zero-order valence-corrected chi connectivity index (χ0v) is 12.8. The third-order valence-electron chi connectivity index (χ3n) is 4.12. The van der Waals surface area contributed by atoms with Crippen molar-refractivity contribution in [2.24, 2.45) is 7.05 Å². The minimum Gasteiger partial charge on any atom is -0.349 e. The van der Waals surface area contributed by atoms with E-state index in [0.29, 0.717) is 12.0 Å². The normalized spacial score (nSPS) is 19.8. The standard InChI is InChI=1S/C17H15F3N2O2/c1-22-9-10(6-7-15(22)23)16(24)21-14-8-12(14)11-4-2-3-5-13(11)17(18,19)20/h2-7,9,12,14H,8H2,1H3,(H,21,24). The molecule has 2 atom stereocenters. The highest BCUT2D eigenvalue weighted by atomic mass is 19.4. The maximum Gasteiger partial charge on any atom is 0.416 e. The van der Waals surface area contributed by atoms with E-state index in [2.05, 4.69) is 5.32 Å². The van der Waals surface area contributed by atoms with Crippen molar-refractivity contribution < 1.29 is 18.0 Å². The van der Waals surface area contributed by atoms with Gasteiger partial charge in [0.05, 0.1) is 11.1 Å². The molecular weight excluding hydrogens is 321 g/mol. The molecule has 0 radical (unpaired) electrons. The first kappa shape index (κ1) is 16.3. The van der Waals surface area contributed by atoms with Crippen molar-refractivity contribution in [2.75, 3.05) is 0 Å². The molecule has 0 bridgehead atoms. The van der Waals surface area contributed by atoms with Crippen LogP contribution in [0.3, 0.4) is 0 Å². The second kappa shape index (κ2) is 5.81. The summed E-state index contributed by atoms with van der Waals surface area (Å²) < 4.78 is 40.4. The molecule has 24 heavy (non-hydrogen) atoms. The molecule has 1 fully saturated rings. The SMILES string of the molecule is Cn1cc(C(=O)NC2CC2c2ccccc2C(F)(F)F)ccc1=O. The predicted molar refractivity (Wildman–Crippen MR) is 81.7 cm³/mol. The van der Waals surface area contributed by atoms with Crippen molar-refractivity contribution in [1.29, 1.82) is 0 Å². The molecule has 1 N–H and O–H groups in total. The fraction of sp³-hybridized carbons (Fsp3) is 0.294. The van der Waals surface area contributed by atoms with E-state index in [1.807, 2.05) is 0 Å². The first-order valence-electron chi connectivity index (χ1n) is 7.41. The van der Waals surface area contributed by atoms with Gasteiger partial charge in [0.25, 0.3) is 5.91 Å². The van der Waals surface area contributed by atoms with Crippen molar-refractivity contribution >= 4 is 5.91 Å². The number of rotatable bonds is 3. The minimum atomic E-state index is -4.41. The molecule has 126 valence electrons. The lowest BCUT2D eigenvalue weighted by Crippen LogP contribution is -2.28. The summed E-state index contributed by atoms with van der Waals surface area (Å²) in [4.78, 5) is 23.5. The Hall–Kier alpha value is -2.57. The topological polar surface area (TPSA) is 51.1 Å². The highest BCUT2D eigenvalue weighted by Crippen LogP contribution is 2.46. The zero-order valence-electron chi connectivity index (χ0n) is 12.8. The summed E-state index contributed by atoms with van der Waals surface area (Å²) in [5.41, 5.74) is -0.397. The maximum absolute atomic E-state index is 13.1. The number of hydrogen-bond acceptors (Lipinski definition) is 2. The van der Waals surface area contributed by atoms with Crippen LogP contribution < -0.4 is 10.9 Å². The Morgan fingerprint density at radius 1 is 1.21 bits per heavy atom. The number of amides is 1. The molecule has 0 aliphatic heterocycles. The number of alkyl halides is 3. The van der Waals surface area contributed by atoms with Crippen LogP contribution in [0.2, 0.25) is 0 Å². The summed E-state index contributed by atoms with van der Waals surface area (Å²) in [7, 11) is 1.53. The van der Waals surface area contributed by atoms with Gasteiger partial charge in [-0.2, -0.15) is 13.2 Å². The molecule has 2 aromatic rings. The predicted octanol–water partition coefficient (Wildman–Crippen LogP) is 2.69. The number of nitrogens with one attached hydrogen (secondary N) is 1. The Bertz CT molecular complexity index is 842. The Kier molecular flexibility index (Phi) is 3.95. The molecule has 1 heterocycles. The van der Waals surface area contributed by atoms with E-state index in [0.717, 1.165) is 6.07 Å². The highest BCUT2D eigenvalue weighted by Gasteiger charge is 2.44. The summed E-state index contributed by atoms with van der Waals surface area (Å²) in [6, 6.07) is 7.77. The minimum absolute atomic E-state index is 0.204. The summed E-state index contributed by atoms with van der Waals surface area (Å²) >= 11 is 0. The number of aryl methyl sites for hydroxylation is 1. The molecule has 0 spiro atoms. The quantitative estimate of drug-likeness (QED) is 0.937.